The largest absolute Gasteiger partial charge is 0.346 e. The molecule has 0 spiro atoms. The Labute approximate surface area is 119 Å². The van der Waals surface area contributed by atoms with E-state index < -0.39 is 5.91 Å². The lowest BCUT2D eigenvalue weighted by molar-refractivity contribution is 0.0949. The van der Waals surface area contributed by atoms with Crippen molar-refractivity contribution in [3.63, 3.8) is 0 Å². The summed E-state index contributed by atoms with van der Waals surface area (Å²) in [5, 5.41) is 7.01. The second kappa shape index (κ2) is 5.85. The predicted octanol–water partition coefficient (Wildman–Crippen LogP) is 0.324. The van der Waals surface area contributed by atoms with Crippen LogP contribution in [-0.4, -0.2) is 21.6 Å². The van der Waals surface area contributed by atoms with Gasteiger partial charge in [-0.1, -0.05) is 0 Å². The van der Waals surface area contributed by atoms with Crippen LogP contribution in [0.15, 0.2) is 18.2 Å². The lowest BCUT2D eigenvalue weighted by Crippen LogP contribution is -2.29. The Balaban J connectivity index is 1.98. The molecule has 2 rings (SSSR count). The normalized spacial score (nSPS) is 10.3. The van der Waals surface area contributed by atoms with E-state index in [9.17, 15) is 9.59 Å². The molecule has 0 unspecified atom stereocenters. The Morgan fingerprint density at radius 3 is 2.55 bits per heavy atom. The molecule has 0 atom stereocenters. The van der Waals surface area contributed by atoms with Crippen LogP contribution in [0.25, 0.3) is 0 Å². The van der Waals surface area contributed by atoms with Crippen LogP contribution in [0.1, 0.15) is 30.7 Å². The van der Waals surface area contributed by atoms with Gasteiger partial charge in [0, 0.05) is 12.7 Å². The average Bonchev–Trinajstić information content (AvgIpc) is 3.03. The van der Waals surface area contributed by atoms with E-state index in [1.54, 1.807) is 16.8 Å². The molecule has 0 bridgehead atoms. The van der Waals surface area contributed by atoms with Gasteiger partial charge in [-0.15, -0.1) is 11.3 Å². The average molecular weight is 293 g/mol. The van der Waals surface area contributed by atoms with Gasteiger partial charge in [0.25, 0.3) is 11.8 Å². The van der Waals surface area contributed by atoms with E-state index in [-0.39, 0.29) is 5.91 Å². The van der Waals surface area contributed by atoms with Gasteiger partial charge in [-0.2, -0.15) is 5.10 Å². The van der Waals surface area contributed by atoms with Crippen molar-refractivity contribution in [2.75, 3.05) is 0 Å². The Kier molecular flexibility index (Phi) is 4.16. The smallest absolute Gasteiger partial charge is 0.275 e. The Hall–Kier alpha value is -2.19. The number of carbonyl (C=O) groups is 2. The molecule has 2 heterocycles. The van der Waals surface area contributed by atoms with Gasteiger partial charge >= 0.3 is 0 Å². The van der Waals surface area contributed by atoms with E-state index in [4.69, 9.17) is 5.84 Å². The monoisotopic (exact) mass is 293 g/mol. The van der Waals surface area contributed by atoms with Gasteiger partial charge in [-0.05, 0) is 25.1 Å². The molecule has 0 aliphatic heterocycles. The molecule has 0 radical (unpaired) electrons. The summed E-state index contributed by atoms with van der Waals surface area (Å²) in [6.45, 7) is 2.28. The van der Waals surface area contributed by atoms with Crippen molar-refractivity contribution in [3.05, 3.63) is 39.3 Å². The van der Waals surface area contributed by atoms with Crippen LogP contribution in [0.5, 0.6) is 0 Å². The number of hydrogen-bond acceptors (Lipinski definition) is 5. The zero-order valence-corrected chi connectivity index (χ0v) is 12.0. The number of hydrogen-bond donors (Lipinski definition) is 3. The van der Waals surface area contributed by atoms with E-state index in [2.05, 4.69) is 10.4 Å². The number of nitrogens with zero attached hydrogens (tertiary/aromatic N) is 2. The highest BCUT2D eigenvalue weighted by atomic mass is 32.1. The highest BCUT2D eigenvalue weighted by Gasteiger charge is 2.13. The SMILES string of the molecule is Cc1cc(CNC(=O)c2ccc(C(=O)NN)s2)nn1C. The molecule has 4 N–H and O–H groups in total. The van der Waals surface area contributed by atoms with Crippen LogP contribution >= 0.6 is 11.3 Å². The molecule has 20 heavy (non-hydrogen) atoms. The third kappa shape index (κ3) is 3.03. The highest BCUT2D eigenvalue weighted by molar-refractivity contribution is 7.15. The Bertz CT molecular complexity index is 627. The molecule has 0 fully saturated rings. The summed E-state index contributed by atoms with van der Waals surface area (Å²) in [4.78, 5) is 24.1. The summed E-state index contributed by atoms with van der Waals surface area (Å²) in [6.07, 6.45) is 0. The lowest BCUT2D eigenvalue weighted by atomic mass is 10.3. The first-order valence-electron chi connectivity index (χ1n) is 5.89. The summed E-state index contributed by atoms with van der Waals surface area (Å²) >= 11 is 1.09. The van der Waals surface area contributed by atoms with Crippen LogP contribution in [0.2, 0.25) is 0 Å². The predicted molar refractivity (Wildman–Crippen MR) is 75.1 cm³/mol. The number of aromatic nitrogens is 2. The topological polar surface area (TPSA) is 102 Å². The Morgan fingerprint density at radius 1 is 1.35 bits per heavy atom. The van der Waals surface area contributed by atoms with Gasteiger partial charge in [0.1, 0.15) is 0 Å². The number of hydrazine groups is 1. The van der Waals surface area contributed by atoms with Crippen molar-refractivity contribution in [2.45, 2.75) is 13.5 Å². The maximum Gasteiger partial charge on any atom is 0.275 e. The highest BCUT2D eigenvalue weighted by Crippen LogP contribution is 2.16. The van der Waals surface area contributed by atoms with Crippen LogP contribution in [0.3, 0.4) is 0 Å². The summed E-state index contributed by atoms with van der Waals surface area (Å²) in [5.41, 5.74) is 3.83. The van der Waals surface area contributed by atoms with Crippen molar-refractivity contribution in [2.24, 2.45) is 12.9 Å². The molecule has 2 amide bonds. The lowest BCUT2D eigenvalue weighted by Gasteiger charge is -2.00. The molecule has 0 aliphatic carbocycles. The number of nitrogens with two attached hydrogens (primary N) is 1. The van der Waals surface area contributed by atoms with Crippen LogP contribution in [0, 0.1) is 6.92 Å². The first-order valence-corrected chi connectivity index (χ1v) is 6.71. The number of rotatable bonds is 4. The third-order valence-electron chi connectivity index (χ3n) is 2.78. The van der Waals surface area contributed by atoms with Crippen LogP contribution in [-0.2, 0) is 13.6 Å². The summed E-state index contributed by atoms with van der Waals surface area (Å²) in [6, 6.07) is 5.06. The number of aryl methyl sites for hydroxylation is 2. The van der Waals surface area contributed by atoms with Crippen molar-refractivity contribution >= 4 is 23.2 Å². The van der Waals surface area contributed by atoms with Crippen molar-refractivity contribution in [1.29, 1.82) is 0 Å². The quantitative estimate of drug-likeness (QED) is 0.429. The number of carbonyl (C=O) groups excluding carboxylic acids is 2. The number of nitrogen functional groups attached to an aromatic ring is 1. The third-order valence-corrected chi connectivity index (χ3v) is 3.86. The second-order valence-corrected chi connectivity index (χ2v) is 5.30. The van der Waals surface area contributed by atoms with Gasteiger partial charge in [0.15, 0.2) is 0 Å². The molecular weight excluding hydrogens is 278 g/mol. The maximum atomic E-state index is 11.9. The van der Waals surface area contributed by atoms with Crippen LogP contribution in [0.4, 0.5) is 0 Å². The van der Waals surface area contributed by atoms with Gasteiger partial charge in [-0.3, -0.25) is 19.7 Å². The fraction of sp³-hybridized carbons (Fsp3) is 0.250. The van der Waals surface area contributed by atoms with E-state index in [1.807, 2.05) is 25.5 Å². The second-order valence-electron chi connectivity index (χ2n) is 4.22. The molecule has 2 aromatic rings. The van der Waals surface area contributed by atoms with Gasteiger partial charge in [0.2, 0.25) is 0 Å². The van der Waals surface area contributed by atoms with E-state index in [0.29, 0.717) is 16.3 Å². The molecule has 7 nitrogen and oxygen atoms in total. The number of thiophene rings is 1. The molecule has 0 saturated heterocycles. The van der Waals surface area contributed by atoms with E-state index in [1.165, 1.54) is 0 Å². The standard InChI is InChI=1S/C12H15N5O2S/c1-7-5-8(16-17(7)2)6-14-11(18)9-3-4-10(20-9)12(19)15-13/h3-5H,6,13H2,1-2H3,(H,14,18)(H,15,19). The zero-order chi connectivity index (χ0) is 14.7. The molecule has 8 heteroatoms. The van der Waals surface area contributed by atoms with Crippen molar-refractivity contribution in [1.82, 2.24) is 20.5 Å². The van der Waals surface area contributed by atoms with E-state index in [0.717, 1.165) is 22.7 Å². The number of nitrogens with one attached hydrogen (secondary N) is 2. The molecule has 0 aliphatic rings. The fourth-order valence-electron chi connectivity index (χ4n) is 1.63. The molecule has 0 aromatic carbocycles. The zero-order valence-electron chi connectivity index (χ0n) is 11.1. The minimum Gasteiger partial charge on any atom is -0.346 e. The maximum absolute atomic E-state index is 11.9. The van der Waals surface area contributed by atoms with Gasteiger partial charge in [-0.25, -0.2) is 5.84 Å². The molecule has 2 aromatic heterocycles. The minimum absolute atomic E-state index is 0.241. The molecule has 0 saturated carbocycles. The van der Waals surface area contributed by atoms with Gasteiger partial charge < -0.3 is 5.32 Å². The summed E-state index contributed by atoms with van der Waals surface area (Å²) in [5.74, 6) is 4.39. The van der Waals surface area contributed by atoms with Crippen molar-refractivity contribution in [3.8, 4) is 0 Å². The molecule has 106 valence electrons. The molecular formula is C12H15N5O2S. The number of amides is 2. The first-order chi connectivity index (χ1) is 9.51. The van der Waals surface area contributed by atoms with Crippen molar-refractivity contribution < 1.29 is 9.59 Å². The summed E-state index contributed by atoms with van der Waals surface area (Å²) < 4.78 is 1.75. The summed E-state index contributed by atoms with van der Waals surface area (Å²) in [7, 11) is 1.84. The minimum atomic E-state index is -0.408. The van der Waals surface area contributed by atoms with Crippen LogP contribution < -0.4 is 16.6 Å². The fourth-order valence-corrected chi connectivity index (χ4v) is 2.46. The first kappa shape index (κ1) is 14.2. The Morgan fingerprint density at radius 2 is 2.00 bits per heavy atom. The van der Waals surface area contributed by atoms with E-state index >= 15 is 0 Å². The van der Waals surface area contributed by atoms with Gasteiger partial charge in [0.05, 0.1) is 22.0 Å².